The maximum Gasteiger partial charge on any atom is 0.244 e. The van der Waals surface area contributed by atoms with Crippen molar-refractivity contribution in [3.05, 3.63) is 65.7 Å². The maximum absolute atomic E-state index is 12.7. The fraction of sp³-hybridized carbons (Fsp3) is 0.375. The molecular weight excluding hydrogens is 378 g/mol. The monoisotopic (exact) mass is 409 g/mol. The van der Waals surface area contributed by atoms with Crippen LogP contribution in [0.1, 0.15) is 17.2 Å². The van der Waals surface area contributed by atoms with Gasteiger partial charge in [-0.2, -0.15) is 0 Å². The van der Waals surface area contributed by atoms with Crippen molar-refractivity contribution < 1.29 is 14.3 Å². The molecule has 0 aromatic heterocycles. The second kappa shape index (κ2) is 10.8. The fourth-order valence-electron chi connectivity index (χ4n) is 3.56. The van der Waals surface area contributed by atoms with Gasteiger partial charge in [0.2, 0.25) is 5.91 Å². The summed E-state index contributed by atoms with van der Waals surface area (Å²) in [4.78, 5) is 17.4. The highest BCUT2D eigenvalue weighted by molar-refractivity contribution is 5.92. The molecular formula is C24H31N3O3. The molecule has 0 aliphatic carbocycles. The molecule has 2 aromatic rings. The van der Waals surface area contributed by atoms with Gasteiger partial charge in [0.25, 0.3) is 0 Å². The molecule has 0 bridgehead atoms. The number of nitrogens with one attached hydrogen (secondary N) is 1. The van der Waals surface area contributed by atoms with Crippen LogP contribution in [0.4, 0.5) is 0 Å². The Kier molecular flexibility index (Phi) is 7.88. The Labute approximate surface area is 179 Å². The first-order chi connectivity index (χ1) is 14.6. The molecule has 6 heteroatoms. The van der Waals surface area contributed by atoms with E-state index in [1.54, 1.807) is 26.4 Å². The van der Waals surface area contributed by atoms with E-state index in [0.29, 0.717) is 11.5 Å². The molecule has 6 nitrogen and oxygen atoms in total. The zero-order valence-electron chi connectivity index (χ0n) is 18.0. The summed E-state index contributed by atoms with van der Waals surface area (Å²) in [5, 5.41) is 3.18. The summed E-state index contributed by atoms with van der Waals surface area (Å²) in [5.74, 6) is 1.18. The topological polar surface area (TPSA) is 54.0 Å². The van der Waals surface area contributed by atoms with Crippen molar-refractivity contribution in [2.45, 2.75) is 6.04 Å². The highest BCUT2D eigenvalue weighted by Crippen LogP contribution is 2.28. The number of amides is 1. The Morgan fingerprint density at radius 2 is 1.73 bits per heavy atom. The van der Waals surface area contributed by atoms with Gasteiger partial charge in [0.05, 0.1) is 20.3 Å². The van der Waals surface area contributed by atoms with Crippen molar-refractivity contribution in [3.8, 4) is 11.5 Å². The van der Waals surface area contributed by atoms with Crippen LogP contribution < -0.4 is 14.8 Å². The van der Waals surface area contributed by atoms with E-state index in [1.807, 2.05) is 36.4 Å². The van der Waals surface area contributed by atoms with Crippen molar-refractivity contribution >= 4 is 12.0 Å². The molecule has 1 amide bonds. The number of carbonyl (C=O) groups excluding carboxylic acids is 1. The first-order valence-corrected chi connectivity index (χ1v) is 10.3. The quantitative estimate of drug-likeness (QED) is 0.680. The Hall–Kier alpha value is -2.83. The van der Waals surface area contributed by atoms with Crippen LogP contribution in [0.5, 0.6) is 11.5 Å². The number of piperazine rings is 1. The summed E-state index contributed by atoms with van der Waals surface area (Å²) < 4.78 is 10.6. The smallest absolute Gasteiger partial charge is 0.244 e. The Morgan fingerprint density at radius 3 is 2.40 bits per heavy atom. The predicted molar refractivity (Wildman–Crippen MR) is 120 cm³/mol. The van der Waals surface area contributed by atoms with Crippen LogP contribution in [0.25, 0.3) is 6.08 Å². The molecule has 0 radical (unpaired) electrons. The SMILES string of the molecule is COc1ccc(/C=C/C(=O)NC(CN2CCN(C)CC2)c2ccccc2)cc1OC. The predicted octanol–water partition coefficient (Wildman–Crippen LogP) is 2.82. The molecule has 2 aromatic carbocycles. The molecule has 1 saturated heterocycles. The van der Waals surface area contributed by atoms with Gasteiger partial charge in [-0.1, -0.05) is 36.4 Å². The van der Waals surface area contributed by atoms with Crippen LogP contribution in [-0.4, -0.2) is 69.7 Å². The molecule has 160 valence electrons. The standard InChI is InChI=1S/C24H31N3O3/c1-26-13-15-27(16-14-26)18-21(20-7-5-4-6-8-20)25-24(28)12-10-19-9-11-22(29-2)23(17-19)30-3/h4-12,17,21H,13-16,18H2,1-3H3,(H,25,28)/b12-10+. The lowest BCUT2D eigenvalue weighted by Gasteiger charge is -2.34. The van der Waals surface area contributed by atoms with Gasteiger partial charge in [-0.05, 0) is 36.4 Å². The summed E-state index contributed by atoms with van der Waals surface area (Å²) in [6, 6.07) is 15.7. The maximum atomic E-state index is 12.7. The van der Waals surface area contributed by atoms with Gasteiger partial charge in [0, 0.05) is 38.8 Å². The first kappa shape index (κ1) is 21.9. The van der Waals surface area contributed by atoms with E-state index < -0.39 is 0 Å². The number of likely N-dealkylation sites (N-methyl/N-ethyl adjacent to an activating group) is 1. The van der Waals surface area contributed by atoms with Crippen LogP contribution in [0.15, 0.2) is 54.6 Å². The molecule has 0 saturated carbocycles. The van der Waals surface area contributed by atoms with Gasteiger partial charge in [-0.3, -0.25) is 9.69 Å². The largest absolute Gasteiger partial charge is 0.493 e. The van der Waals surface area contributed by atoms with E-state index in [9.17, 15) is 4.79 Å². The number of ether oxygens (including phenoxy) is 2. The summed E-state index contributed by atoms with van der Waals surface area (Å²) in [5.41, 5.74) is 1.99. The lowest BCUT2D eigenvalue weighted by atomic mass is 10.1. The zero-order valence-corrected chi connectivity index (χ0v) is 18.0. The minimum Gasteiger partial charge on any atom is -0.493 e. The Balaban J connectivity index is 1.67. The molecule has 1 aliphatic heterocycles. The van der Waals surface area contributed by atoms with E-state index in [2.05, 4.69) is 34.3 Å². The Bertz CT molecular complexity index is 846. The Morgan fingerprint density at radius 1 is 1.03 bits per heavy atom. The minimum absolute atomic E-state index is 0.0582. The third kappa shape index (κ3) is 6.08. The van der Waals surface area contributed by atoms with Gasteiger partial charge >= 0.3 is 0 Å². The van der Waals surface area contributed by atoms with Crippen molar-refractivity contribution in [3.63, 3.8) is 0 Å². The average Bonchev–Trinajstić information content (AvgIpc) is 2.79. The summed E-state index contributed by atoms with van der Waals surface area (Å²) >= 11 is 0. The zero-order chi connectivity index (χ0) is 21.3. The van der Waals surface area contributed by atoms with Gasteiger partial charge in [-0.25, -0.2) is 0 Å². The van der Waals surface area contributed by atoms with Crippen LogP contribution in [-0.2, 0) is 4.79 Å². The molecule has 30 heavy (non-hydrogen) atoms. The average molecular weight is 410 g/mol. The van der Waals surface area contributed by atoms with Crippen LogP contribution >= 0.6 is 0 Å². The van der Waals surface area contributed by atoms with Crippen molar-refractivity contribution in [1.29, 1.82) is 0 Å². The molecule has 1 atom stereocenters. The van der Waals surface area contributed by atoms with Gasteiger partial charge in [-0.15, -0.1) is 0 Å². The second-order valence-corrected chi connectivity index (χ2v) is 7.52. The number of carbonyl (C=O) groups is 1. The minimum atomic E-state index is -0.118. The summed E-state index contributed by atoms with van der Waals surface area (Å²) in [6.07, 6.45) is 3.36. The van der Waals surface area contributed by atoms with E-state index in [1.165, 1.54) is 0 Å². The van der Waals surface area contributed by atoms with E-state index in [4.69, 9.17) is 9.47 Å². The molecule has 3 rings (SSSR count). The molecule has 1 N–H and O–H groups in total. The highest BCUT2D eigenvalue weighted by atomic mass is 16.5. The fourth-order valence-corrected chi connectivity index (χ4v) is 3.56. The summed E-state index contributed by atoms with van der Waals surface area (Å²) in [7, 11) is 5.35. The van der Waals surface area contributed by atoms with Crippen molar-refractivity contribution in [2.75, 3.05) is 54.0 Å². The molecule has 1 aliphatic rings. The third-order valence-corrected chi connectivity index (χ3v) is 5.39. The number of benzene rings is 2. The van der Waals surface area contributed by atoms with Crippen molar-refractivity contribution in [1.82, 2.24) is 15.1 Å². The lowest BCUT2D eigenvalue weighted by molar-refractivity contribution is -0.117. The third-order valence-electron chi connectivity index (χ3n) is 5.39. The summed E-state index contributed by atoms with van der Waals surface area (Å²) in [6.45, 7) is 4.92. The van der Waals surface area contributed by atoms with E-state index >= 15 is 0 Å². The number of nitrogens with zero attached hydrogens (tertiary/aromatic N) is 2. The number of hydrogen-bond acceptors (Lipinski definition) is 5. The number of hydrogen-bond donors (Lipinski definition) is 1. The highest BCUT2D eigenvalue weighted by Gasteiger charge is 2.20. The molecule has 1 fully saturated rings. The second-order valence-electron chi connectivity index (χ2n) is 7.52. The molecule has 1 heterocycles. The van der Waals surface area contributed by atoms with Gasteiger partial charge in [0.15, 0.2) is 11.5 Å². The van der Waals surface area contributed by atoms with Crippen molar-refractivity contribution in [2.24, 2.45) is 0 Å². The first-order valence-electron chi connectivity index (χ1n) is 10.3. The number of rotatable bonds is 8. The lowest BCUT2D eigenvalue weighted by Crippen LogP contribution is -2.47. The van der Waals surface area contributed by atoms with Crippen LogP contribution in [0.3, 0.4) is 0 Å². The van der Waals surface area contributed by atoms with E-state index in [-0.39, 0.29) is 11.9 Å². The van der Waals surface area contributed by atoms with Gasteiger partial charge in [0.1, 0.15) is 0 Å². The van der Waals surface area contributed by atoms with Crippen LogP contribution in [0.2, 0.25) is 0 Å². The number of methoxy groups -OCH3 is 2. The normalized spacial score (nSPS) is 16.4. The van der Waals surface area contributed by atoms with Crippen LogP contribution in [0, 0.1) is 0 Å². The van der Waals surface area contributed by atoms with E-state index in [0.717, 1.165) is 43.9 Å². The molecule has 1 unspecified atom stereocenters. The van der Waals surface area contributed by atoms with Gasteiger partial charge < -0.3 is 19.7 Å². The molecule has 0 spiro atoms.